The van der Waals surface area contributed by atoms with E-state index in [0.717, 1.165) is 13.0 Å². The molecule has 0 rings (SSSR count). The molecule has 1 unspecified atom stereocenters. The third kappa shape index (κ3) is 9.71. The molecule has 0 aliphatic carbocycles. The zero-order valence-corrected chi connectivity index (χ0v) is 11.3. The van der Waals surface area contributed by atoms with Crippen molar-refractivity contribution in [2.24, 2.45) is 10.9 Å². The molecule has 0 spiro atoms. The van der Waals surface area contributed by atoms with E-state index in [2.05, 4.69) is 32.3 Å². The highest BCUT2D eigenvalue weighted by Gasteiger charge is 2.07. The van der Waals surface area contributed by atoms with Crippen LogP contribution in [0.5, 0.6) is 0 Å². The van der Waals surface area contributed by atoms with Crippen LogP contribution in [0.3, 0.4) is 0 Å². The molecule has 0 aromatic carbocycles. The average Bonchev–Trinajstić information content (AvgIpc) is 2.27. The zero-order valence-electron chi connectivity index (χ0n) is 11.3. The lowest BCUT2D eigenvalue weighted by atomic mass is 9.97. The summed E-state index contributed by atoms with van der Waals surface area (Å²) in [5.74, 6) is 0.657. The van der Waals surface area contributed by atoms with Crippen molar-refractivity contribution in [3.8, 4) is 0 Å². The standard InChI is InChI=1S/C12H23N.C2H6/c1-5-8-11(4)12(9-6-2)13-10-7-3;1-2/h7,11H,3,5-6,8-10H2,1-2,4H3;1-2H3. The third-order valence-electron chi connectivity index (χ3n) is 2.22. The van der Waals surface area contributed by atoms with Gasteiger partial charge in [0, 0.05) is 5.71 Å². The summed E-state index contributed by atoms with van der Waals surface area (Å²) < 4.78 is 0. The summed E-state index contributed by atoms with van der Waals surface area (Å²) in [4.78, 5) is 4.55. The fraction of sp³-hybridized carbons (Fsp3) is 0.786. The van der Waals surface area contributed by atoms with Crippen LogP contribution in [0, 0.1) is 5.92 Å². The van der Waals surface area contributed by atoms with Gasteiger partial charge in [0.1, 0.15) is 0 Å². The minimum Gasteiger partial charge on any atom is -0.290 e. The van der Waals surface area contributed by atoms with E-state index < -0.39 is 0 Å². The summed E-state index contributed by atoms with van der Waals surface area (Å²) in [5.41, 5.74) is 1.38. The second-order valence-corrected chi connectivity index (χ2v) is 3.56. The first-order valence-electron chi connectivity index (χ1n) is 6.40. The lowest BCUT2D eigenvalue weighted by Gasteiger charge is -2.12. The maximum atomic E-state index is 4.55. The molecule has 0 aliphatic heterocycles. The van der Waals surface area contributed by atoms with Gasteiger partial charge in [0.05, 0.1) is 6.54 Å². The minimum atomic E-state index is 0.657. The van der Waals surface area contributed by atoms with Crippen LogP contribution in [0.2, 0.25) is 0 Å². The molecule has 0 N–H and O–H groups in total. The van der Waals surface area contributed by atoms with Crippen LogP contribution in [-0.2, 0) is 0 Å². The van der Waals surface area contributed by atoms with Gasteiger partial charge in [-0.15, -0.1) is 6.58 Å². The molecule has 0 saturated carbocycles. The molecular weight excluding hydrogens is 182 g/mol. The van der Waals surface area contributed by atoms with Crippen LogP contribution in [0.1, 0.15) is 60.3 Å². The molecule has 1 atom stereocenters. The molecule has 1 heteroatoms. The Balaban J connectivity index is 0. The van der Waals surface area contributed by atoms with Crippen LogP contribution < -0.4 is 0 Å². The van der Waals surface area contributed by atoms with Crippen LogP contribution in [0.15, 0.2) is 17.6 Å². The van der Waals surface area contributed by atoms with Gasteiger partial charge in [-0.25, -0.2) is 0 Å². The lowest BCUT2D eigenvalue weighted by molar-refractivity contribution is 0.650. The Bertz CT molecular complexity index is 159. The quantitative estimate of drug-likeness (QED) is 0.420. The molecule has 15 heavy (non-hydrogen) atoms. The molecule has 0 bridgehead atoms. The summed E-state index contributed by atoms with van der Waals surface area (Å²) in [5, 5.41) is 0. The van der Waals surface area contributed by atoms with Crippen molar-refractivity contribution in [3.63, 3.8) is 0 Å². The molecule has 0 radical (unpaired) electrons. The molecule has 0 aromatic rings. The summed E-state index contributed by atoms with van der Waals surface area (Å²) in [6, 6.07) is 0. The first-order chi connectivity index (χ1) is 7.26. The van der Waals surface area contributed by atoms with E-state index in [0.29, 0.717) is 5.92 Å². The van der Waals surface area contributed by atoms with Gasteiger partial charge < -0.3 is 0 Å². The van der Waals surface area contributed by atoms with E-state index in [-0.39, 0.29) is 0 Å². The monoisotopic (exact) mass is 211 g/mol. The van der Waals surface area contributed by atoms with Crippen molar-refractivity contribution in [1.29, 1.82) is 0 Å². The summed E-state index contributed by atoms with van der Waals surface area (Å²) >= 11 is 0. The van der Waals surface area contributed by atoms with E-state index in [1.165, 1.54) is 25.0 Å². The predicted octanol–water partition coefficient (Wildman–Crippen LogP) is 4.88. The lowest BCUT2D eigenvalue weighted by Crippen LogP contribution is -2.11. The number of rotatable bonds is 7. The van der Waals surface area contributed by atoms with E-state index >= 15 is 0 Å². The summed E-state index contributed by atoms with van der Waals surface area (Å²) in [7, 11) is 0. The Kier molecular flexibility index (Phi) is 15.0. The smallest absolute Gasteiger partial charge is 0.0567 e. The largest absolute Gasteiger partial charge is 0.290 e. The minimum absolute atomic E-state index is 0.657. The van der Waals surface area contributed by atoms with Crippen LogP contribution in [-0.4, -0.2) is 12.3 Å². The van der Waals surface area contributed by atoms with E-state index in [4.69, 9.17) is 0 Å². The van der Waals surface area contributed by atoms with Crippen molar-refractivity contribution in [2.45, 2.75) is 60.3 Å². The second kappa shape index (κ2) is 13.4. The second-order valence-electron chi connectivity index (χ2n) is 3.56. The fourth-order valence-electron chi connectivity index (χ4n) is 1.52. The highest BCUT2D eigenvalue weighted by Crippen LogP contribution is 2.11. The fourth-order valence-corrected chi connectivity index (χ4v) is 1.52. The highest BCUT2D eigenvalue weighted by molar-refractivity contribution is 5.86. The van der Waals surface area contributed by atoms with Crippen molar-refractivity contribution >= 4 is 5.71 Å². The van der Waals surface area contributed by atoms with Gasteiger partial charge in [0.15, 0.2) is 0 Å². The maximum Gasteiger partial charge on any atom is 0.0567 e. The highest BCUT2D eigenvalue weighted by atomic mass is 14.7. The summed E-state index contributed by atoms with van der Waals surface area (Å²) in [6.07, 6.45) is 6.72. The van der Waals surface area contributed by atoms with E-state index in [1.807, 2.05) is 19.9 Å². The Morgan fingerprint density at radius 1 is 1.27 bits per heavy atom. The zero-order chi connectivity index (χ0) is 12.1. The Morgan fingerprint density at radius 3 is 2.27 bits per heavy atom. The van der Waals surface area contributed by atoms with Gasteiger partial charge >= 0.3 is 0 Å². The maximum absolute atomic E-state index is 4.55. The van der Waals surface area contributed by atoms with Crippen LogP contribution in [0.25, 0.3) is 0 Å². The molecule has 90 valence electrons. The number of hydrogen-bond donors (Lipinski definition) is 0. The van der Waals surface area contributed by atoms with Crippen molar-refractivity contribution in [1.82, 2.24) is 0 Å². The number of nitrogens with zero attached hydrogens (tertiary/aromatic N) is 1. The first kappa shape index (κ1) is 16.8. The molecule has 0 heterocycles. The Labute approximate surface area is 96.7 Å². The normalized spacial score (nSPS) is 12.7. The van der Waals surface area contributed by atoms with Crippen LogP contribution in [0.4, 0.5) is 0 Å². The van der Waals surface area contributed by atoms with Gasteiger partial charge in [-0.1, -0.05) is 53.5 Å². The summed E-state index contributed by atoms with van der Waals surface area (Å²) in [6.45, 7) is 15.2. The third-order valence-corrected chi connectivity index (χ3v) is 2.22. The SMILES string of the molecule is C=CCN=C(CCC)C(C)CCC.CC. The molecule has 0 saturated heterocycles. The van der Waals surface area contributed by atoms with Gasteiger partial charge in [-0.3, -0.25) is 4.99 Å². The molecular formula is C14H29N. The molecule has 0 amide bonds. The van der Waals surface area contributed by atoms with E-state index in [1.54, 1.807) is 0 Å². The van der Waals surface area contributed by atoms with Crippen molar-refractivity contribution in [3.05, 3.63) is 12.7 Å². The molecule has 0 aliphatic rings. The van der Waals surface area contributed by atoms with Gasteiger partial charge in [-0.05, 0) is 18.8 Å². The van der Waals surface area contributed by atoms with Gasteiger partial charge in [-0.2, -0.15) is 0 Å². The van der Waals surface area contributed by atoms with E-state index in [9.17, 15) is 0 Å². The Hall–Kier alpha value is -0.590. The van der Waals surface area contributed by atoms with Crippen molar-refractivity contribution in [2.75, 3.05) is 6.54 Å². The molecule has 0 fully saturated rings. The Morgan fingerprint density at radius 2 is 1.87 bits per heavy atom. The topological polar surface area (TPSA) is 12.4 Å². The van der Waals surface area contributed by atoms with Crippen LogP contribution >= 0.6 is 0 Å². The molecule has 1 nitrogen and oxygen atoms in total. The molecule has 0 aromatic heterocycles. The number of aliphatic imine (C=N–C) groups is 1. The average molecular weight is 211 g/mol. The first-order valence-corrected chi connectivity index (χ1v) is 6.40. The predicted molar refractivity (Wildman–Crippen MR) is 72.8 cm³/mol. The van der Waals surface area contributed by atoms with Gasteiger partial charge in [0.25, 0.3) is 0 Å². The van der Waals surface area contributed by atoms with Gasteiger partial charge in [0.2, 0.25) is 0 Å². The number of hydrogen-bond acceptors (Lipinski definition) is 1. The van der Waals surface area contributed by atoms with Crippen molar-refractivity contribution < 1.29 is 0 Å².